The highest BCUT2D eigenvalue weighted by atomic mass is 32.1. The van der Waals surface area contributed by atoms with E-state index in [1.807, 2.05) is 18.7 Å². The summed E-state index contributed by atoms with van der Waals surface area (Å²) in [5.74, 6) is 0.613. The van der Waals surface area contributed by atoms with E-state index in [0.29, 0.717) is 30.3 Å². The fraction of sp³-hybridized carbons (Fsp3) is 0.867. The summed E-state index contributed by atoms with van der Waals surface area (Å²) in [4.78, 5) is 14.7. The van der Waals surface area contributed by atoms with Crippen LogP contribution in [0.5, 0.6) is 0 Å². The quantitative estimate of drug-likeness (QED) is 0.730. The van der Waals surface area contributed by atoms with Gasteiger partial charge in [-0.05, 0) is 31.6 Å². The minimum atomic E-state index is 0.198. The molecule has 1 atom stereocenters. The summed E-state index contributed by atoms with van der Waals surface area (Å²) >= 11 is 4.89. The third kappa shape index (κ3) is 8.98. The Morgan fingerprint density at radius 2 is 1.79 bits per heavy atom. The molecule has 0 radical (unpaired) electrons. The minimum absolute atomic E-state index is 0.198. The highest BCUT2D eigenvalue weighted by molar-refractivity contribution is 7.80. The molecule has 0 bridgehead atoms. The lowest BCUT2D eigenvalue weighted by Gasteiger charge is -2.29. The molecule has 1 amide bonds. The van der Waals surface area contributed by atoms with Crippen LogP contribution in [0.1, 0.15) is 60.8 Å². The lowest BCUT2D eigenvalue weighted by Crippen LogP contribution is -2.39. The van der Waals surface area contributed by atoms with Gasteiger partial charge in [0.25, 0.3) is 0 Å². The van der Waals surface area contributed by atoms with Gasteiger partial charge in [0.2, 0.25) is 5.91 Å². The predicted octanol–water partition coefficient (Wildman–Crippen LogP) is 3.36. The van der Waals surface area contributed by atoms with E-state index < -0.39 is 0 Å². The lowest BCUT2D eigenvalue weighted by molar-refractivity contribution is -0.133. The van der Waals surface area contributed by atoms with Crippen LogP contribution >= 0.6 is 12.2 Å². The second-order valence-electron chi connectivity index (χ2n) is 6.97. The van der Waals surface area contributed by atoms with E-state index in [2.05, 4.69) is 27.7 Å². The van der Waals surface area contributed by atoms with Crippen LogP contribution in [0.4, 0.5) is 0 Å². The molecule has 19 heavy (non-hydrogen) atoms. The Labute approximate surface area is 123 Å². The van der Waals surface area contributed by atoms with E-state index >= 15 is 0 Å². The molecule has 0 rings (SSSR count). The summed E-state index contributed by atoms with van der Waals surface area (Å²) < 4.78 is 0. The molecule has 0 aliphatic carbocycles. The Bertz CT molecular complexity index is 308. The van der Waals surface area contributed by atoms with Crippen LogP contribution in [0, 0.1) is 11.3 Å². The van der Waals surface area contributed by atoms with Gasteiger partial charge in [0.15, 0.2) is 0 Å². The Morgan fingerprint density at radius 3 is 2.16 bits per heavy atom. The van der Waals surface area contributed by atoms with Gasteiger partial charge in [-0.15, -0.1) is 0 Å². The lowest BCUT2D eigenvalue weighted by atomic mass is 9.84. The van der Waals surface area contributed by atoms with Gasteiger partial charge in [0, 0.05) is 25.4 Å². The van der Waals surface area contributed by atoms with E-state index in [1.54, 1.807) is 0 Å². The number of nitrogens with zero attached hydrogens (tertiary/aromatic N) is 1. The first-order valence-corrected chi connectivity index (χ1v) is 7.51. The maximum atomic E-state index is 12.3. The topological polar surface area (TPSA) is 46.3 Å². The standard InChI is InChI=1S/C15H30N2OS/c1-11(2)17(8-7-13(16)19)14(18)9-12(3)10-15(4,5)6/h11-12H,7-10H2,1-6H3,(H2,16,19). The van der Waals surface area contributed by atoms with Crippen molar-refractivity contribution in [2.24, 2.45) is 17.1 Å². The minimum Gasteiger partial charge on any atom is -0.393 e. The smallest absolute Gasteiger partial charge is 0.223 e. The zero-order chi connectivity index (χ0) is 15.2. The van der Waals surface area contributed by atoms with Gasteiger partial charge in [-0.2, -0.15) is 0 Å². The Hall–Kier alpha value is -0.640. The first kappa shape index (κ1) is 18.4. The molecule has 4 heteroatoms. The first-order chi connectivity index (χ1) is 8.53. The van der Waals surface area contributed by atoms with Crippen LogP contribution in [0.25, 0.3) is 0 Å². The summed E-state index contributed by atoms with van der Waals surface area (Å²) in [7, 11) is 0. The van der Waals surface area contributed by atoms with E-state index in [4.69, 9.17) is 18.0 Å². The van der Waals surface area contributed by atoms with E-state index in [1.165, 1.54) is 0 Å². The molecule has 0 spiro atoms. The largest absolute Gasteiger partial charge is 0.393 e. The molecule has 0 heterocycles. The van der Waals surface area contributed by atoms with E-state index in [0.717, 1.165) is 6.42 Å². The van der Waals surface area contributed by atoms with Crippen LogP contribution in [0.3, 0.4) is 0 Å². The number of amides is 1. The summed E-state index contributed by atoms with van der Waals surface area (Å²) in [5, 5.41) is 0. The third-order valence-electron chi connectivity index (χ3n) is 3.03. The van der Waals surface area contributed by atoms with Crippen molar-refractivity contribution in [1.82, 2.24) is 4.90 Å². The SMILES string of the molecule is CC(CC(=O)N(CCC(N)=S)C(C)C)CC(C)(C)C. The third-order valence-corrected chi connectivity index (χ3v) is 3.23. The van der Waals surface area contributed by atoms with Crippen LogP contribution in [-0.2, 0) is 4.79 Å². The molecule has 0 aliphatic heterocycles. The van der Waals surface area contributed by atoms with Gasteiger partial charge < -0.3 is 10.6 Å². The summed E-state index contributed by atoms with van der Waals surface area (Å²) in [5.41, 5.74) is 5.78. The van der Waals surface area contributed by atoms with Gasteiger partial charge in [0.1, 0.15) is 0 Å². The number of rotatable bonds is 7. The van der Waals surface area contributed by atoms with Crippen molar-refractivity contribution in [3.8, 4) is 0 Å². The van der Waals surface area contributed by atoms with Crippen molar-refractivity contribution in [1.29, 1.82) is 0 Å². The molecule has 0 aromatic heterocycles. The van der Waals surface area contributed by atoms with Gasteiger partial charge >= 0.3 is 0 Å². The normalized spacial score (nSPS) is 13.4. The molecule has 112 valence electrons. The number of thiocarbonyl (C=S) groups is 1. The van der Waals surface area contributed by atoms with Crippen molar-refractivity contribution in [3.05, 3.63) is 0 Å². The molecule has 0 saturated heterocycles. The zero-order valence-electron chi connectivity index (χ0n) is 13.3. The molecule has 0 aromatic rings. The average Bonchev–Trinajstić information content (AvgIpc) is 2.12. The Morgan fingerprint density at radius 1 is 1.26 bits per heavy atom. The monoisotopic (exact) mass is 286 g/mol. The van der Waals surface area contributed by atoms with E-state index in [-0.39, 0.29) is 17.4 Å². The predicted molar refractivity (Wildman–Crippen MR) is 86.1 cm³/mol. The number of carbonyl (C=O) groups excluding carboxylic acids is 1. The van der Waals surface area contributed by atoms with Crippen LogP contribution in [0.15, 0.2) is 0 Å². The fourth-order valence-electron chi connectivity index (χ4n) is 2.43. The van der Waals surface area contributed by atoms with Crippen molar-refractivity contribution < 1.29 is 4.79 Å². The van der Waals surface area contributed by atoms with Crippen LogP contribution < -0.4 is 5.73 Å². The number of nitrogens with two attached hydrogens (primary N) is 1. The van der Waals surface area contributed by atoms with E-state index in [9.17, 15) is 4.79 Å². The molecule has 0 aliphatic rings. The van der Waals surface area contributed by atoms with Crippen LogP contribution in [-0.4, -0.2) is 28.4 Å². The number of hydrogen-bond donors (Lipinski definition) is 1. The van der Waals surface area contributed by atoms with Crippen molar-refractivity contribution in [2.45, 2.75) is 66.8 Å². The summed E-state index contributed by atoms with van der Waals surface area (Å²) in [6.45, 7) is 13.5. The maximum absolute atomic E-state index is 12.3. The van der Waals surface area contributed by atoms with Gasteiger partial charge in [0.05, 0.1) is 4.99 Å². The molecule has 3 nitrogen and oxygen atoms in total. The van der Waals surface area contributed by atoms with Crippen molar-refractivity contribution >= 4 is 23.1 Å². The number of carbonyl (C=O) groups is 1. The molecule has 2 N–H and O–H groups in total. The average molecular weight is 286 g/mol. The van der Waals surface area contributed by atoms with Crippen LogP contribution in [0.2, 0.25) is 0 Å². The fourth-order valence-corrected chi connectivity index (χ4v) is 2.53. The Balaban J connectivity index is 4.44. The Kier molecular flexibility index (Phi) is 7.57. The van der Waals surface area contributed by atoms with Gasteiger partial charge in [-0.25, -0.2) is 0 Å². The maximum Gasteiger partial charge on any atom is 0.223 e. The van der Waals surface area contributed by atoms with Gasteiger partial charge in [-0.3, -0.25) is 4.79 Å². The summed E-state index contributed by atoms with van der Waals surface area (Å²) in [6, 6.07) is 0.198. The molecular weight excluding hydrogens is 256 g/mol. The highest BCUT2D eigenvalue weighted by Crippen LogP contribution is 2.26. The van der Waals surface area contributed by atoms with Crippen molar-refractivity contribution in [3.63, 3.8) is 0 Å². The molecule has 0 fully saturated rings. The second kappa shape index (κ2) is 7.83. The summed E-state index contributed by atoms with van der Waals surface area (Å²) in [6.07, 6.45) is 2.26. The molecule has 0 saturated carbocycles. The number of hydrogen-bond acceptors (Lipinski definition) is 2. The highest BCUT2D eigenvalue weighted by Gasteiger charge is 2.22. The second-order valence-corrected chi connectivity index (χ2v) is 7.50. The first-order valence-electron chi connectivity index (χ1n) is 7.10. The molecular formula is C15H30N2OS. The molecule has 0 aromatic carbocycles. The van der Waals surface area contributed by atoms with Gasteiger partial charge in [-0.1, -0.05) is 39.9 Å². The molecule has 1 unspecified atom stereocenters. The van der Waals surface area contributed by atoms with Crippen molar-refractivity contribution in [2.75, 3.05) is 6.54 Å². The zero-order valence-corrected chi connectivity index (χ0v) is 14.1.